The number of benzene rings is 1. The van der Waals surface area contributed by atoms with E-state index in [1.165, 1.54) is 21.1 Å². The van der Waals surface area contributed by atoms with E-state index in [4.69, 9.17) is 4.74 Å². The molecule has 0 spiro atoms. The lowest BCUT2D eigenvalue weighted by molar-refractivity contribution is -0.0285. The number of alkyl halides is 2. The lowest BCUT2D eigenvalue weighted by Gasteiger charge is -2.23. The first kappa shape index (κ1) is 12.9. The number of nitrogens with one attached hydrogen (secondary N) is 1. The molecule has 1 aromatic rings. The highest BCUT2D eigenvalue weighted by Crippen LogP contribution is 2.25. The van der Waals surface area contributed by atoms with Crippen molar-refractivity contribution in [2.75, 3.05) is 14.2 Å². The van der Waals surface area contributed by atoms with Crippen LogP contribution in [0.4, 0.5) is 8.78 Å². The average molecular weight is 229 g/mol. The molecule has 0 aliphatic heterocycles. The summed E-state index contributed by atoms with van der Waals surface area (Å²) >= 11 is 0. The Hall–Kier alpha value is -1.16. The Morgan fingerprint density at radius 3 is 2.69 bits per heavy atom. The topological polar surface area (TPSA) is 21.3 Å². The summed E-state index contributed by atoms with van der Waals surface area (Å²) in [7, 11) is 3.05. The molecule has 0 aromatic heterocycles. The van der Waals surface area contributed by atoms with Gasteiger partial charge in [-0.25, -0.2) is 8.78 Å². The van der Waals surface area contributed by atoms with Crippen molar-refractivity contribution in [2.45, 2.75) is 25.3 Å². The predicted octanol–water partition coefficient (Wildman–Crippen LogP) is 2.48. The first-order chi connectivity index (χ1) is 7.49. The van der Waals surface area contributed by atoms with E-state index in [1.807, 2.05) is 0 Å². The Bertz CT molecular complexity index is 342. The lowest BCUT2D eigenvalue weighted by atomic mass is 10.0. The summed E-state index contributed by atoms with van der Waals surface area (Å²) in [5.41, 5.74) is 0.575. The molecule has 16 heavy (non-hydrogen) atoms. The Morgan fingerprint density at radius 2 is 2.12 bits per heavy atom. The van der Waals surface area contributed by atoms with Gasteiger partial charge in [0.1, 0.15) is 5.75 Å². The number of ether oxygens (including phenoxy) is 1. The first-order valence-corrected chi connectivity index (χ1v) is 5.17. The maximum Gasteiger partial charge on any atom is 0.266 e. The fourth-order valence-corrected chi connectivity index (χ4v) is 1.42. The number of halogens is 2. The molecule has 0 radical (unpaired) electrons. The van der Waals surface area contributed by atoms with Crippen LogP contribution in [-0.4, -0.2) is 26.1 Å². The monoisotopic (exact) mass is 229 g/mol. The fraction of sp³-hybridized carbons (Fsp3) is 0.500. The minimum atomic E-state index is -2.76. The summed E-state index contributed by atoms with van der Waals surface area (Å²) in [6, 6.07) is 5.92. The van der Waals surface area contributed by atoms with E-state index in [1.54, 1.807) is 24.3 Å². The minimum Gasteiger partial charge on any atom is -0.497 e. The second-order valence-electron chi connectivity index (χ2n) is 3.80. The van der Waals surface area contributed by atoms with Gasteiger partial charge in [0.2, 0.25) is 0 Å². The molecule has 0 saturated heterocycles. The normalized spacial score (nSPS) is 13.6. The third kappa shape index (κ3) is 3.17. The molecule has 0 saturated carbocycles. The fourth-order valence-electron chi connectivity index (χ4n) is 1.42. The highest BCUT2D eigenvalue weighted by atomic mass is 19.3. The number of rotatable bonds is 5. The van der Waals surface area contributed by atoms with Crippen LogP contribution in [0.3, 0.4) is 0 Å². The molecule has 0 amide bonds. The SMILES string of the molecule is CNC(C)C(F)(F)Cc1cccc(OC)c1. The summed E-state index contributed by atoms with van der Waals surface area (Å²) in [5, 5.41) is 2.57. The van der Waals surface area contributed by atoms with Gasteiger partial charge in [-0.3, -0.25) is 0 Å². The largest absolute Gasteiger partial charge is 0.497 e. The molecule has 1 atom stereocenters. The summed E-state index contributed by atoms with van der Waals surface area (Å²) in [6.45, 7) is 1.47. The summed E-state index contributed by atoms with van der Waals surface area (Å²) in [6.07, 6.45) is -0.286. The first-order valence-electron chi connectivity index (χ1n) is 5.17. The molecule has 1 N–H and O–H groups in total. The van der Waals surface area contributed by atoms with Crippen LogP contribution in [0.1, 0.15) is 12.5 Å². The zero-order valence-corrected chi connectivity index (χ0v) is 9.76. The van der Waals surface area contributed by atoms with Gasteiger partial charge >= 0.3 is 0 Å². The van der Waals surface area contributed by atoms with E-state index in [-0.39, 0.29) is 6.42 Å². The maximum absolute atomic E-state index is 13.6. The quantitative estimate of drug-likeness (QED) is 0.837. The Labute approximate surface area is 94.6 Å². The Balaban J connectivity index is 2.79. The van der Waals surface area contributed by atoms with Crippen molar-refractivity contribution in [1.29, 1.82) is 0 Å². The van der Waals surface area contributed by atoms with E-state index in [2.05, 4.69) is 5.32 Å². The van der Waals surface area contributed by atoms with Crippen LogP contribution in [0.25, 0.3) is 0 Å². The molecule has 0 heterocycles. The van der Waals surface area contributed by atoms with Gasteiger partial charge in [-0.05, 0) is 31.7 Å². The highest BCUT2D eigenvalue weighted by Gasteiger charge is 2.35. The van der Waals surface area contributed by atoms with E-state index < -0.39 is 12.0 Å². The standard InChI is InChI=1S/C12H17F2NO/c1-9(15-2)12(13,14)8-10-5-4-6-11(7-10)16-3/h4-7,9,15H,8H2,1-3H3. The molecule has 0 fully saturated rings. The second kappa shape index (κ2) is 5.25. The van der Waals surface area contributed by atoms with Gasteiger partial charge < -0.3 is 10.1 Å². The zero-order valence-electron chi connectivity index (χ0n) is 9.76. The third-order valence-corrected chi connectivity index (χ3v) is 2.64. The summed E-state index contributed by atoms with van der Waals surface area (Å²) in [4.78, 5) is 0. The Morgan fingerprint density at radius 1 is 1.44 bits per heavy atom. The molecular weight excluding hydrogens is 212 g/mol. The second-order valence-corrected chi connectivity index (χ2v) is 3.80. The van der Waals surface area contributed by atoms with Crippen LogP contribution in [0.5, 0.6) is 5.75 Å². The molecule has 0 aliphatic carbocycles. The van der Waals surface area contributed by atoms with Crippen LogP contribution in [0.15, 0.2) is 24.3 Å². The van der Waals surface area contributed by atoms with Gasteiger partial charge in [-0.1, -0.05) is 12.1 Å². The van der Waals surface area contributed by atoms with Gasteiger partial charge in [-0.2, -0.15) is 0 Å². The van der Waals surface area contributed by atoms with E-state index >= 15 is 0 Å². The Kier molecular flexibility index (Phi) is 4.24. The van der Waals surface area contributed by atoms with Gasteiger partial charge in [0.05, 0.1) is 13.2 Å². The molecule has 0 aliphatic rings. The van der Waals surface area contributed by atoms with Gasteiger partial charge in [0, 0.05) is 6.42 Å². The van der Waals surface area contributed by atoms with Crippen LogP contribution in [0.2, 0.25) is 0 Å². The summed E-state index contributed by atoms with van der Waals surface area (Å²) < 4.78 is 32.3. The maximum atomic E-state index is 13.6. The smallest absolute Gasteiger partial charge is 0.266 e. The van der Waals surface area contributed by atoms with E-state index in [0.29, 0.717) is 11.3 Å². The molecular formula is C12H17F2NO. The molecule has 0 bridgehead atoms. The van der Waals surface area contributed by atoms with Crippen molar-refractivity contribution in [1.82, 2.24) is 5.32 Å². The van der Waals surface area contributed by atoms with Gasteiger partial charge in [0.25, 0.3) is 5.92 Å². The molecule has 1 rings (SSSR count). The van der Waals surface area contributed by atoms with Crippen molar-refractivity contribution in [3.63, 3.8) is 0 Å². The van der Waals surface area contributed by atoms with E-state index in [0.717, 1.165) is 0 Å². The highest BCUT2D eigenvalue weighted by molar-refractivity contribution is 5.29. The predicted molar refractivity (Wildman–Crippen MR) is 60.2 cm³/mol. The van der Waals surface area contributed by atoms with E-state index in [9.17, 15) is 8.78 Å². The third-order valence-electron chi connectivity index (χ3n) is 2.64. The molecule has 4 heteroatoms. The minimum absolute atomic E-state index is 0.286. The number of hydrogen-bond acceptors (Lipinski definition) is 2. The van der Waals surface area contributed by atoms with Crippen molar-refractivity contribution in [3.05, 3.63) is 29.8 Å². The van der Waals surface area contributed by atoms with Crippen LogP contribution in [-0.2, 0) is 6.42 Å². The van der Waals surface area contributed by atoms with Crippen molar-refractivity contribution in [3.8, 4) is 5.75 Å². The average Bonchev–Trinajstić information content (AvgIpc) is 2.27. The van der Waals surface area contributed by atoms with Crippen molar-refractivity contribution in [2.24, 2.45) is 0 Å². The summed E-state index contributed by atoms with van der Waals surface area (Å²) in [5.74, 6) is -2.16. The molecule has 1 aromatic carbocycles. The lowest BCUT2D eigenvalue weighted by Crippen LogP contribution is -2.42. The van der Waals surface area contributed by atoms with Crippen molar-refractivity contribution >= 4 is 0 Å². The van der Waals surface area contributed by atoms with Crippen molar-refractivity contribution < 1.29 is 13.5 Å². The zero-order chi connectivity index (χ0) is 12.2. The molecule has 90 valence electrons. The van der Waals surface area contributed by atoms with Crippen LogP contribution < -0.4 is 10.1 Å². The van der Waals surface area contributed by atoms with Gasteiger partial charge in [0.15, 0.2) is 0 Å². The molecule has 2 nitrogen and oxygen atoms in total. The number of hydrogen-bond donors (Lipinski definition) is 1. The van der Waals surface area contributed by atoms with Crippen LogP contribution >= 0.6 is 0 Å². The van der Waals surface area contributed by atoms with Gasteiger partial charge in [-0.15, -0.1) is 0 Å². The molecule has 1 unspecified atom stereocenters. The van der Waals surface area contributed by atoms with Crippen LogP contribution in [0, 0.1) is 0 Å². The number of methoxy groups -OCH3 is 1.